The molecule has 114 valence electrons. The Morgan fingerprint density at radius 1 is 1.48 bits per heavy atom. The second kappa shape index (κ2) is 5.81. The lowest BCUT2D eigenvalue weighted by molar-refractivity contribution is 0.0884. The van der Waals surface area contributed by atoms with Crippen LogP contribution in [0.15, 0.2) is 12.3 Å². The first-order valence-electron chi connectivity index (χ1n) is 7.15. The van der Waals surface area contributed by atoms with Crippen molar-refractivity contribution in [2.45, 2.75) is 46.1 Å². The number of carbonyl (C=O) groups is 1. The zero-order chi connectivity index (χ0) is 15.6. The lowest BCUT2D eigenvalue weighted by Gasteiger charge is -2.29. The molecule has 2 aromatic rings. The van der Waals surface area contributed by atoms with E-state index in [9.17, 15) is 4.79 Å². The SMILES string of the molecule is CCC(C)(CCO)NC(=O)c1cnc2cc(C)nn2c1C. The first-order valence-corrected chi connectivity index (χ1v) is 7.15. The molecule has 2 rings (SSSR count). The van der Waals surface area contributed by atoms with Crippen molar-refractivity contribution in [1.29, 1.82) is 0 Å². The molecule has 21 heavy (non-hydrogen) atoms. The number of nitrogens with zero attached hydrogens (tertiary/aromatic N) is 3. The fraction of sp³-hybridized carbons (Fsp3) is 0.533. The molecule has 0 saturated heterocycles. The Balaban J connectivity index is 2.33. The number of aliphatic hydroxyl groups excluding tert-OH is 1. The number of nitrogens with one attached hydrogen (secondary N) is 1. The third-order valence-electron chi connectivity index (χ3n) is 3.95. The van der Waals surface area contributed by atoms with Gasteiger partial charge >= 0.3 is 0 Å². The van der Waals surface area contributed by atoms with E-state index in [-0.39, 0.29) is 12.5 Å². The molecule has 1 atom stereocenters. The lowest BCUT2D eigenvalue weighted by atomic mass is 9.94. The molecule has 0 fully saturated rings. The summed E-state index contributed by atoms with van der Waals surface area (Å²) in [5.74, 6) is -0.187. The van der Waals surface area contributed by atoms with Gasteiger partial charge in [-0.05, 0) is 33.6 Å². The maximum absolute atomic E-state index is 12.5. The van der Waals surface area contributed by atoms with Crippen LogP contribution in [0.5, 0.6) is 0 Å². The summed E-state index contributed by atoms with van der Waals surface area (Å²) in [6.45, 7) is 7.70. The number of rotatable bonds is 5. The van der Waals surface area contributed by atoms with Gasteiger partial charge in [0.05, 0.1) is 17.0 Å². The zero-order valence-electron chi connectivity index (χ0n) is 13.0. The predicted octanol–water partition coefficient (Wildman–Crippen LogP) is 1.63. The van der Waals surface area contributed by atoms with Crippen molar-refractivity contribution < 1.29 is 9.90 Å². The molecule has 0 aliphatic rings. The van der Waals surface area contributed by atoms with Crippen molar-refractivity contribution in [1.82, 2.24) is 19.9 Å². The van der Waals surface area contributed by atoms with Crippen molar-refractivity contribution in [2.75, 3.05) is 6.61 Å². The van der Waals surface area contributed by atoms with E-state index >= 15 is 0 Å². The van der Waals surface area contributed by atoms with Gasteiger partial charge in [0, 0.05) is 24.4 Å². The van der Waals surface area contributed by atoms with Crippen molar-refractivity contribution in [3.63, 3.8) is 0 Å². The van der Waals surface area contributed by atoms with Gasteiger partial charge in [0.15, 0.2) is 5.65 Å². The molecule has 0 saturated carbocycles. The van der Waals surface area contributed by atoms with Gasteiger partial charge < -0.3 is 10.4 Å². The van der Waals surface area contributed by atoms with Crippen LogP contribution in [0, 0.1) is 13.8 Å². The average molecular weight is 290 g/mol. The molecule has 2 N–H and O–H groups in total. The molecule has 2 aromatic heterocycles. The van der Waals surface area contributed by atoms with Crippen LogP contribution in [-0.2, 0) is 0 Å². The number of hydrogen-bond acceptors (Lipinski definition) is 4. The molecule has 6 nitrogen and oxygen atoms in total. The summed E-state index contributed by atoms with van der Waals surface area (Å²) in [5.41, 5.74) is 2.43. The first kappa shape index (κ1) is 15.4. The predicted molar refractivity (Wildman–Crippen MR) is 80.3 cm³/mol. The molecule has 0 bridgehead atoms. The third-order valence-corrected chi connectivity index (χ3v) is 3.95. The number of aliphatic hydroxyl groups is 1. The van der Waals surface area contributed by atoms with Crippen LogP contribution in [0.2, 0.25) is 0 Å². The number of hydrogen-bond donors (Lipinski definition) is 2. The second-order valence-electron chi connectivity index (χ2n) is 5.65. The number of carbonyl (C=O) groups excluding carboxylic acids is 1. The summed E-state index contributed by atoms with van der Waals surface area (Å²) < 4.78 is 1.68. The normalized spacial score (nSPS) is 14.1. The van der Waals surface area contributed by atoms with Gasteiger partial charge in [-0.25, -0.2) is 9.50 Å². The molecule has 6 heteroatoms. The molecule has 0 aromatic carbocycles. The molecule has 0 aliphatic carbocycles. The van der Waals surface area contributed by atoms with Crippen molar-refractivity contribution >= 4 is 11.6 Å². The van der Waals surface area contributed by atoms with Crippen molar-refractivity contribution in [3.05, 3.63) is 29.2 Å². The van der Waals surface area contributed by atoms with E-state index in [2.05, 4.69) is 15.4 Å². The van der Waals surface area contributed by atoms with Gasteiger partial charge in [0.1, 0.15) is 0 Å². The van der Waals surface area contributed by atoms with E-state index in [1.165, 1.54) is 0 Å². The summed E-state index contributed by atoms with van der Waals surface area (Å²) in [4.78, 5) is 16.8. The Kier molecular flexibility index (Phi) is 4.27. The number of aromatic nitrogens is 3. The van der Waals surface area contributed by atoms with Gasteiger partial charge in [-0.15, -0.1) is 0 Å². The number of aryl methyl sites for hydroxylation is 2. The van der Waals surface area contributed by atoms with E-state index in [0.29, 0.717) is 12.0 Å². The maximum atomic E-state index is 12.5. The zero-order valence-corrected chi connectivity index (χ0v) is 13.0. The Morgan fingerprint density at radius 2 is 2.19 bits per heavy atom. The van der Waals surface area contributed by atoms with Gasteiger partial charge in [-0.2, -0.15) is 5.10 Å². The highest BCUT2D eigenvalue weighted by molar-refractivity contribution is 5.95. The molecule has 0 radical (unpaired) electrons. The minimum atomic E-state index is -0.423. The number of amides is 1. The molecular formula is C15H22N4O2. The van der Waals surface area contributed by atoms with Crippen LogP contribution in [0.1, 0.15) is 48.4 Å². The van der Waals surface area contributed by atoms with Crippen LogP contribution in [0.4, 0.5) is 0 Å². The summed E-state index contributed by atoms with van der Waals surface area (Å²) in [6, 6.07) is 1.87. The summed E-state index contributed by atoms with van der Waals surface area (Å²) in [5, 5.41) is 16.5. The Labute approximate surface area is 124 Å². The summed E-state index contributed by atoms with van der Waals surface area (Å²) >= 11 is 0. The van der Waals surface area contributed by atoms with E-state index in [1.54, 1.807) is 10.7 Å². The highest BCUT2D eigenvalue weighted by Crippen LogP contribution is 2.17. The van der Waals surface area contributed by atoms with Gasteiger partial charge in [0.2, 0.25) is 0 Å². The highest BCUT2D eigenvalue weighted by atomic mass is 16.3. The van der Waals surface area contributed by atoms with Crippen molar-refractivity contribution in [3.8, 4) is 0 Å². The lowest BCUT2D eigenvalue weighted by Crippen LogP contribution is -2.46. The van der Waals surface area contributed by atoms with Crippen molar-refractivity contribution in [2.24, 2.45) is 0 Å². The van der Waals surface area contributed by atoms with Crippen LogP contribution in [0.25, 0.3) is 5.65 Å². The van der Waals surface area contributed by atoms with Gasteiger partial charge in [-0.3, -0.25) is 4.79 Å². The Bertz CT molecular complexity index is 665. The van der Waals surface area contributed by atoms with Crippen LogP contribution < -0.4 is 5.32 Å². The molecule has 0 aliphatic heterocycles. The maximum Gasteiger partial charge on any atom is 0.255 e. The van der Waals surface area contributed by atoms with E-state index in [1.807, 2.05) is 33.8 Å². The molecule has 1 unspecified atom stereocenters. The third kappa shape index (κ3) is 3.05. The number of fused-ring (bicyclic) bond motifs is 1. The molecule has 2 heterocycles. The van der Waals surface area contributed by atoms with E-state index in [0.717, 1.165) is 23.5 Å². The quantitative estimate of drug-likeness (QED) is 0.877. The summed E-state index contributed by atoms with van der Waals surface area (Å²) in [6.07, 6.45) is 2.84. The largest absolute Gasteiger partial charge is 0.396 e. The highest BCUT2D eigenvalue weighted by Gasteiger charge is 2.25. The first-order chi connectivity index (χ1) is 9.90. The molecular weight excluding hydrogens is 268 g/mol. The van der Waals surface area contributed by atoms with Gasteiger partial charge in [0.25, 0.3) is 5.91 Å². The molecule has 1 amide bonds. The Morgan fingerprint density at radius 3 is 2.81 bits per heavy atom. The van der Waals surface area contributed by atoms with Crippen LogP contribution >= 0.6 is 0 Å². The summed E-state index contributed by atoms with van der Waals surface area (Å²) in [7, 11) is 0. The minimum Gasteiger partial charge on any atom is -0.396 e. The van der Waals surface area contributed by atoms with Gasteiger partial charge in [-0.1, -0.05) is 6.92 Å². The fourth-order valence-corrected chi connectivity index (χ4v) is 2.30. The van der Waals surface area contributed by atoms with E-state index in [4.69, 9.17) is 5.11 Å². The smallest absolute Gasteiger partial charge is 0.255 e. The molecule has 0 spiro atoms. The minimum absolute atomic E-state index is 0.0409. The van der Waals surface area contributed by atoms with Crippen LogP contribution in [0.3, 0.4) is 0 Å². The fourth-order valence-electron chi connectivity index (χ4n) is 2.30. The average Bonchev–Trinajstić information content (AvgIpc) is 2.80. The topological polar surface area (TPSA) is 79.5 Å². The van der Waals surface area contributed by atoms with E-state index < -0.39 is 5.54 Å². The monoisotopic (exact) mass is 290 g/mol. The Hall–Kier alpha value is -1.95. The van der Waals surface area contributed by atoms with Crippen LogP contribution in [-0.4, -0.2) is 37.8 Å². The standard InChI is InChI=1S/C15H22N4O2/c1-5-15(4,6-7-20)17-14(21)12-9-16-13-8-10(2)18-19(13)11(12)3/h8-9,20H,5-7H2,1-4H3,(H,17,21). The second-order valence-corrected chi connectivity index (χ2v) is 5.65.